The van der Waals surface area contributed by atoms with Crippen molar-refractivity contribution in [2.45, 2.75) is 25.4 Å². The van der Waals surface area contributed by atoms with Gasteiger partial charge < -0.3 is 10.2 Å². The summed E-state index contributed by atoms with van der Waals surface area (Å²) in [6.07, 6.45) is 1.73. The molecule has 1 saturated heterocycles. The van der Waals surface area contributed by atoms with Gasteiger partial charge in [0.1, 0.15) is 6.54 Å². The largest absolute Gasteiger partial charge is 0.861 e. The number of hydrogen-bond acceptors (Lipinski definition) is 5. The summed E-state index contributed by atoms with van der Waals surface area (Å²) in [7, 11) is 0. The van der Waals surface area contributed by atoms with E-state index in [9.17, 15) is 15.0 Å². The van der Waals surface area contributed by atoms with Crippen LogP contribution in [0.15, 0.2) is 94.9 Å². The van der Waals surface area contributed by atoms with E-state index in [1.807, 2.05) is 66.7 Å². The Morgan fingerprint density at radius 2 is 1.62 bits per heavy atom. The third-order valence-electron chi connectivity index (χ3n) is 5.69. The van der Waals surface area contributed by atoms with Crippen LogP contribution in [0.1, 0.15) is 29.5 Å². The van der Waals surface area contributed by atoms with Gasteiger partial charge in [-0.3, -0.25) is 19.7 Å². The van der Waals surface area contributed by atoms with Gasteiger partial charge in [0, 0.05) is 40.2 Å². The fourth-order valence-electron chi connectivity index (χ4n) is 4.15. The second-order valence-corrected chi connectivity index (χ2v) is 8.01. The standard InChI is InChI=1S/C27H27N3O3.Ni/c31-25(32)18-28-26(21-12-5-2-6-13-21)22-14-7-8-15-23(22)29-27(33)24-16-9-17-30(24)19-20-10-3-1-4-11-20;/h1-8,10-15,24H,9,16-19H2,(H,29,33)(H,31,32);/p-1/t24-;/m1./s1. The quantitative estimate of drug-likeness (QED) is 0.291. The Morgan fingerprint density at radius 3 is 2.32 bits per heavy atom. The number of hydrogen-bond donors (Lipinski definition) is 1. The molecule has 0 spiro atoms. The summed E-state index contributed by atoms with van der Waals surface area (Å²) >= 11 is 0. The number of benzene rings is 3. The predicted octanol–water partition coefficient (Wildman–Crippen LogP) is 3.66. The summed E-state index contributed by atoms with van der Waals surface area (Å²) < 4.78 is 0. The van der Waals surface area contributed by atoms with Crippen molar-refractivity contribution in [1.82, 2.24) is 4.90 Å². The average molecular weight is 499 g/mol. The molecule has 1 fully saturated rings. The molecule has 34 heavy (non-hydrogen) atoms. The summed E-state index contributed by atoms with van der Waals surface area (Å²) in [4.78, 5) is 22.2. The third-order valence-corrected chi connectivity index (χ3v) is 5.69. The third kappa shape index (κ3) is 6.40. The monoisotopic (exact) mass is 498 g/mol. The van der Waals surface area contributed by atoms with Crippen LogP contribution >= 0.6 is 0 Å². The van der Waals surface area contributed by atoms with Crippen molar-refractivity contribution in [3.63, 3.8) is 0 Å². The Balaban J connectivity index is 0.00000324. The van der Waals surface area contributed by atoms with Crippen molar-refractivity contribution < 1.29 is 31.5 Å². The number of likely N-dealkylation sites (tertiary alicyclic amines) is 1. The van der Waals surface area contributed by atoms with Gasteiger partial charge in [-0.1, -0.05) is 78.9 Å². The van der Waals surface area contributed by atoms with Crippen LogP contribution in [0.4, 0.5) is 5.69 Å². The maximum absolute atomic E-state index is 13.3. The molecule has 4 rings (SSSR count). The van der Waals surface area contributed by atoms with Crippen molar-refractivity contribution in [3.8, 4) is 0 Å². The summed E-state index contributed by atoms with van der Waals surface area (Å²) in [5.41, 5.74) is 3.61. The number of rotatable bonds is 8. The van der Waals surface area contributed by atoms with E-state index in [1.54, 1.807) is 6.07 Å². The number of carboxylic acids is 1. The van der Waals surface area contributed by atoms with Gasteiger partial charge in [0.15, 0.2) is 0 Å². The van der Waals surface area contributed by atoms with Gasteiger partial charge >= 0.3 is 5.97 Å². The van der Waals surface area contributed by atoms with E-state index in [4.69, 9.17) is 0 Å². The number of nitrogens with zero attached hydrogens (tertiary/aromatic N) is 3. The first-order chi connectivity index (χ1) is 16.1. The summed E-state index contributed by atoms with van der Waals surface area (Å²) in [5.74, 6) is -1.20. The molecule has 1 heterocycles. The van der Waals surface area contributed by atoms with E-state index < -0.39 is 5.97 Å². The Kier molecular flexibility index (Phi) is 9.14. The van der Waals surface area contributed by atoms with Crippen LogP contribution in [0, 0.1) is 0 Å². The summed E-state index contributed by atoms with van der Waals surface area (Å²) in [6, 6.07) is 26.5. The fraction of sp³-hybridized carbons (Fsp3) is 0.222. The Bertz CT molecular complexity index is 1150. The van der Waals surface area contributed by atoms with Gasteiger partial charge in [0.05, 0.1) is 11.4 Å². The molecule has 0 unspecified atom stereocenters. The minimum absolute atomic E-state index is 0. The Hall–Kier alpha value is -3.28. The Labute approximate surface area is 209 Å². The molecule has 1 aliphatic heterocycles. The van der Waals surface area contributed by atoms with E-state index in [0.29, 0.717) is 23.5 Å². The first kappa shape index (κ1) is 25.3. The van der Waals surface area contributed by atoms with Crippen molar-refractivity contribution in [2.75, 3.05) is 13.1 Å². The van der Waals surface area contributed by atoms with Crippen LogP contribution < -0.4 is 5.11 Å². The maximum atomic E-state index is 13.3. The molecule has 0 aromatic heterocycles. The van der Waals surface area contributed by atoms with Gasteiger partial charge in [-0.05, 0) is 36.9 Å². The molecule has 3 aromatic carbocycles. The molecule has 6 nitrogen and oxygen atoms in total. The summed E-state index contributed by atoms with van der Waals surface area (Å²) in [5, 5.41) is 22.4. The Morgan fingerprint density at radius 1 is 0.971 bits per heavy atom. The molecule has 0 amide bonds. The fourth-order valence-corrected chi connectivity index (χ4v) is 4.15. The van der Waals surface area contributed by atoms with Gasteiger partial charge in [-0.15, -0.1) is 0 Å². The topological polar surface area (TPSA) is 88.3 Å². The number of aliphatic carboxylic acids is 1. The van der Waals surface area contributed by atoms with E-state index in [0.717, 1.165) is 24.9 Å². The molecule has 1 atom stereocenters. The van der Waals surface area contributed by atoms with Crippen LogP contribution in [0.25, 0.3) is 0 Å². The number of para-hydroxylation sites is 1. The zero-order valence-corrected chi connectivity index (χ0v) is 19.6. The predicted molar refractivity (Wildman–Crippen MR) is 128 cm³/mol. The van der Waals surface area contributed by atoms with E-state index in [1.165, 1.54) is 5.56 Å². The maximum Gasteiger partial charge on any atom is 0.325 e. The second-order valence-electron chi connectivity index (χ2n) is 8.01. The second kappa shape index (κ2) is 12.3. The molecule has 0 radical (unpaired) electrons. The molecule has 1 N–H and O–H groups in total. The van der Waals surface area contributed by atoms with Crippen molar-refractivity contribution in [3.05, 3.63) is 102 Å². The molecule has 178 valence electrons. The average Bonchev–Trinajstić information content (AvgIpc) is 3.29. The molecule has 0 aliphatic carbocycles. The van der Waals surface area contributed by atoms with Crippen LogP contribution in [-0.2, 0) is 27.8 Å². The minimum Gasteiger partial charge on any atom is -0.861 e. The molecule has 0 saturated carbocycles. The first-order valence-corrected chi connectivity index (χ1v) is 11.1. The normalized spacial score (nSPS) is 16.8. The SMILES string of the molecule is O=C(O)CN=C(c1ccccc1)c1ccccc1N=C([O-])[C@H]1CCCN1Cc1ccccc1.[Ni]. The number of carboxylic acid groups (broad SMARTS) is 1. The van der Waals surface area contributed by atoms with Crippen molar-refractivity contribution >= 4 is 23.3 Å². The van der Waals surface area contributed by atoms with Crippen LogP contribution in [0.2, 0.25) is 0 Å². The number of carbonyl (C=O) groups is 1. The van der Waals surface area contributed by atoms with Gasteiger partial charge in [0.25, 0.3) is 0 Å². The van der Waals surface area contributed by atoms with Gasteiger partial charge in [0.2, 0.25) is 0 Å². The van der Waals surface area contributed by atoms with E-state index in [-0.39, 0.29) is 35.0 Å². The molecular formula is C27H26N3NiO3-. The minimum atomic E-state index is -1.02. The summed E-state index contributed by atoms with van der Waals surface area (Å²) in [6.45, 7) is 1.21. The van der Waals surface area contributed by atoms with Crippen LogP contribution in [0.3, 0.4) is 0 Å². The number of aliphatic imine (C=N–C) groups is 2. The molecular weight excluding hydrogens is 473 g/mol. The van der Waals surface area contributed by atoms with E-state index in [2.05, 4.69) is 27.0 Å². The molecule has 3 aromatic rings. The first-order valence-electron chi connectivity index (χ1n) is 11.1. The van der Waals surface area contributed by atoms with Gasteiger partial charge in [-0.25, -0.2) is 0 Å². The van der Waals surface area contributed by atoms with Gasteiger partial charge in [-0.2, -0.15) is 0 Å². The molecule has 0 bridgehead atoms. The van der Waals surface area contributed by atoms with Crippen LogP contribution in [-0.4, -0.2) is 46.7 Å². The zero-order chi connectivity index (χ0) is 23.0. The van der Waals surface area contributed by atoms with Crippen LogP contribution in [0.5, 0.6) is 0 Å². The zero-order valence-electron chi connectivity index (χ0n) is 18.6. The molecule has 1 aliphatic rings. The van der Waals surface area contributed by atoms with Crippen molar-refractivity contribution in [2.24, 2.45) is 9.98 Å². The smallest absolute Gasteiger partial charge is 0.325 e. The molecule has 7 heteroatoms. The van der Waals surface area contributed by atoms with Crippen molar-refractivity contribution in [1.29, 1.82) is 0 Å². The van der Waals surface area contributed by atoms with E-state index >= 15 is 0 Å².